The molecule has 3 nitrogen and oxygen atoms in total. The number of carboxylic acids is 1. The zero-order valence-electron chi connectivity index (χ0n) is 8.72. The highest BCUT2D eigenvalue weighted by Gasteiger charge is 2.11. The molecule has 2 aromatic carbocycles. The zero-order chi connectivity index (χ0) is 12.4. The minimum Gasteiger partial charge on any atom is -0.507 e. The van der Waals surface area contributed by atoms with Crippen molar-refractivity contribution in [3.63, 3.8) is 0 Å². The molecule has 0 fully saturated rings. The molecule has 0 aromatic heterocycles. The summed E-state index contributed by atoms with van der Waals surface area (Å²) in [4.78, 5) is 10.9. The maximum atomic E-state index is 10.9. The maximum Gasteiger partial charge on any atom is 0.339 e. The minimum absolute atomic E-state index is 0.0988. The molecule has 0 radical (unpaired) electrons. The summed E-state index contributed by atoms with van der Waals surface area (Å²) in [5.41, 5.74) is 1.53. The standard InChI is InChI=1S/C13H9BrO3/c14-11-4-2-1-3-9(11)8-5-6-12(15)10(7-8)13(16)17/h1-7,15H,(H,16,17). The van der Waals surface area contributed by atoms with Gasteiger partial charge in [-0.15, -0.1) is 0 Å². The van der Waals surface area contributed by atoms with E-state index in [1.165, 1.54) is 12.1 Å². The van der Waals surface area contributed by atoms with Gasteiger partial charge in [-0.2, -0.15) is 0 Å². The Bertz CT molecular complexity index is 579. The van der Waals surface area contributed by atoms with Gasteiger partial charge in [-0.1, -0.05) is 40.2 Å². The molecule has 0 saturated heterocycles. The molecule has 0 heterocycles. The first-order valence-corrected chi connectivity index (χ1v) is 5.70. The normalized spacial score (nSPS) is 10.2. The molecule has 86 valence electrons. The summed E-state index contributed by atoms with van der Waals surface area (Å²) in [6.45, 7) is 0. The molecule has 0 aliphatic heterocycles. The lowest BCUT2D eigenvalue weighted by Gasteiger charge is -2.06. The second-order valence-corrected chi connectivity index (χ2v) is 4.37. The largest absolute Gasteiger partial charge is 0.507 e. The summed E-state index contributed by atoms with van der Waals surface area (Å²) in [7, 11) is 0. The van der Waals surface area contributed by atoms with Gasteiger partial charge in [0.15, 0.2) is 0 Å². The lowest BCUT2D eigenvalue weighted by Crippen LogP contribution is -1.97. The van der Waals surface area contributed by atoms with Crippen molar-refractivity contribution in [2.45, 2.75) is 0 Å². The van der Waals surface area contributed by atoms with Gasteiger partial charge in [0.1, 0.15) is 11.3 Å². The Morgan fingerprint density at radius 1 is 1.12 bits per heavy atom. The number of halogens is 1. The van der Waals surface area contributed by atoms with Gasteiger partial charge in [0.25, 0.3) is 0 Å². The van der Waals surface area contributed by atoms with E-state index in [4.69, 9.17) is 5.11 Å². The van der Waals surface area contributed by atoms with Gasteiger partial charge in [0.05, 0.1) is 0 Å². The van der Waals surface area contributed by atoms with Gasteiger partial charge >= 0.3 is 5.97 Å². The van der Waals surface area contributed by atoms with Gasteiger partial charge in [-0.05, 0) is 29.3 Å². The third-order valence-corrected chi connectivity index (χ3v) is 3.10. The Balaban J connectivity index is 2.58. The molecule has 0 aliphatic carbocycles. The van der Waals surface area contributed by atoms with Crippen LogP contribution in [0.25, 0.3) is 11.1 Å². The molecule has 2 N–H and O–H groups in total. The van der Waals surface area contributed by atoms with Crippen molar-refractivity contribution in [3.05, 3.63) is 52.5 Å². The molecule has 0 atom stereocenters. The second-order valence-electron chi connectivity index (χ2n) is 3.52. The van der Waals surface area contributed by atoms with Crippen LogP contribution in [0.3, 0.4) is 0 Å². The van der Waals surface area contributed by atoms with E-state index < -0.39 is 5.97 Å². The van der Waals surface area contributed by atoms with Gasteiger partial charge in [0, 0.05) is 4.47 Å². The molecule has 0 spiro atoms. The number of hydrogen-bond acceptors (Lipinski definition) is 2. The fourth-order valence-electron chi connectivity index (χ4n) is 1.57. The molecule has 4 heteroatoms. The summed E-state index contributed by atoms with van der Waals surface area (Å²) < 4.78 is 0.877. The predicted molar refractivity (Wildman–Crippen MR) is 68.2 cm³/mol. The topological polar surface area (TPSA) is 57.5 Å². The van der Waals surface area contributed by atoms with Crippen LogP contribution in [0, 0.1) is 0 Å². The number of phenols is 1. The maximum absolute atomic E-state index is 10.9. The number of aromatic carboxylic acids is 1. The monoisotopic (exact) mass is 292 g/mol. The van der Waals surface area contributed by atoms with Crippen molar-refractivity contribution >= 4 is 21.9 Å². The highest BCUT2D eigenvalue weighted by atomic mass is 79.9. The van der Waals surface area contributed by atoms with Crippen LogP contribution in [0.15, 0.2) is 46.9 Å². The third kappa shape index (κ3) is 2.31. The summed E-state index contributed by atoms with van der Waals surface area (Å²) >= 11 is 3.40. The Morgan fingerprint density at radius 3 is 2.47 bits per heavy atom. The van der Waals surface area contributed by atoms with Crippen molar-refractivity contribution in [2.24, 2.45) is 0 Å². The summed E-state index contributed by atoms with van der Waals surface area (Å²) in [6.07, 6.45) is 0. The van der Waals surface area contributed by atoms with Crippen molar-refractivity contribution < 1.29 is 15.0 Å². The summed E-state index contributed by atoms with van der Waals surface area (Å²) in [5, 5.41) is 18.4. The van der Waals surface area contributed by atoms with E-state index in [2.05, 4.69) is 15.9 Å². The molecule has 0 aliphatic rings. The van der Waals surface area contributed by atoms with Crippen LogP contribution in [0.2, 0.25) is 0 Å². The first-order valence-electron chi connectivity index (χ1n) is 4.91. The molecular weight excluding hydrogens is 284 g/mol. The first kappa shape index (κ1) is 11.7. The average molecular weight is 293 g/mol. The number of aromatic hydroxyl groups is 1. The third-order valence-electron chi connectivity index (χ3n) is 2.41. The van der Waals surface area contributed by atoms with E-state index in [1.54, 1.807) is 6.07 Å². The van der Waals surface area contributed by atoms with Crippen molar-refractivity contribution in [3.8, 4) is 16.9 Å². The highest BCUT2D eigenvalue weighted by Crippen LogP contribution is 2.30. The fourth-order valence-corrected chi connectivity index (χ4v) is 2.08. The van der Waals surface area contributed by atoms with Gasteiger partial charge in [0.2, 0.25) is 0 Å². The average Bonchev–Trinajstić information content (AvgIpc) is 2.30. The smallest absolute Gasteiger partial charge is 0.339 e. The molecule has 2 aromatic rings. The Labute approximate surface area is 106 Å². The minimum atomic E-state index is -1.14. The molecule has 0 saturated carbocycles. The molecule has 17 heavy (non-hydrogen) atoms. The zero-order valence-corrected chi connectivity index (χ0v) is 10.3. The fraction of sp³-hybridized carbons (Fsp3) is 0. The number of rotatable bonds is 2. The van der Waals surface area contributed by atoms with Crippen LogP contribution >= 0.6 is 15.9 Å². The van der Waals surface area contributed by atoms with Crippen LogP contribution in [0.5, 0.6) is 5.75 Å². The van der Waals surface area contributed by atoms with E-state index in [9.17, 15) is 9.90 Å². The predicted octanol–water partition coefficient (Wildman–Crippen LogP) is 3.52. The number of benzene rings is 2. The quantitative estimate of drug-likeness (QED) is 0.890. The molecule has 0 unspecified atom stereocenters. The molecule has 2 rings (SSSR count). The first-order chi connectivity index (χ1) is 8.09. The van der Waals surface area contributed by atoms with E-state index in [-0.39, 0.29) is 11.3 Å². The van der Waals surface area contributed by atoms with Gasteiger partial charge < -0.3 is 10.2 Å². The van der Waals surface area contributed by atoms with Crippen molar-refractivity contribution in [1.29, 1.82) is 0 Å². The highest BCUT2D eigenvalue weighted by molar-refractivity contribution is 9.10. The van der Waals surface area contributed by atoms with E-state index in [0.29, 0.717) is 0 Å². The Kier molecular flexibility index (Phi) is 3.15. The van der Waals surface area contributed by atoms with E-state index in [1.807, 2.05) is 24.3 Å². The molecule has 0 bridgehead atoms. The lowest BCUT2D eigenvalue weighted by molar-refractivity contribution is 0.0694. The number of hydrogen-bond donors (Lipinski definition) is 2. The second kappa shape index (κ2) is 4.59. The van der Waals surface area contributed by atoms with Crippen LogP contribution in [0.1, 0.15) is 10.4 Å². The van der Waals surface area contributed by atoms with E-state index in [0.717, 1.165) is 15.6 Å². The van der Waals surface area contributed by atoms with Crippen molar-refractivity contribution in [1.82, 2.24) is 0 Å². The van der Waals surface area contributed by atoms with Crippen LogP contribution < -0.4 is 0 Å². The Morgan fingerprint density at radius 2 is 1.82 bits per heavy atom. The lowest BCUT2D eigenvalue weighted by atomic mass is 10.0. The van der Waals surface area contributed by atoms with Crippen molar-refractivity contribution in [2.75, 3.05) is 0 Å². The molecule has 0 amide bonds. The van der Waals surface area contributed by atoms with Gasteiger partial charge in [-0.25, -0.2) is 4.79 Å². The van der Waals surface area contributed by atoms with Crippen LogP contribution in [-0.4, -0.2) is 16.2 Å². The molecular formula is C13H9BrO3. The van der Waals surface area contributed by atoms with Crippen LogP contribution in [0.4, 0.5) is 0 Å². The van der Waals surface area contributed by atoms with Crippen LogP contribution in [-0.2, 0) is 0 Å². The number of carbonyl (C=O) groups is 1. The summed E-state index contributed by atoms with van der Waals surface area (Å²) in [5.74, 6) is -1.37. The number of carboxylic acid groups (broad SMARTS) is 1. The van der Waals surface area contributed by atoms with Gasteiger partial charge in [-0.3, -0.25) is 0 Å². The SMILES string of the molecule is O=C(O)c1cc(-c2ccccc2Br)ccc1O. The summed E-state index contributed by atoms with van der Waals surface area (Å²) in [6, 6.07) is 12.0. The Hall–Kier alpha value is -1.81. The van der Waals surface area contributed by atoms with E-state index >= 15 is 0 Å².